The molecule has 1 aromatic rings. The fourth-order valence-electron chi connectivity index (χ4n) is 2.53. The minimum absolute atomic E-state index is 0.0942. The van der Waals surface area contributed by atoms with E-state index in [1.54, 1.807) is 0 Å². The summed E-state index contributed by atoms with van der Waals surface area (Å²) < 4.78 is 0. The lowest BCUT2D eigenvalue weighted by Crippen LogP contribution is -2.44. The van der Waals surface area contributed by atoms with E-state index in [0.717, 1.165) is 36.6 Å². The van der Waals surface area contributed by atoms with Crippen molar-refractivity contribution < 1.29 is 4.79 Å². The van der Waals surface area contributed by atoms with Crippen molar-refractivity contribution in [3.05, 3.63) is 34.9 Å². The molecule has 110 valence electrons. The zero-order valence-electron chi connectivity index (χ0n) is 12.4. The highest BCUT2D eigenvalue weighted by molar-refractivity contribution is 6.31. The first-order valence-corrected chi connectivity index (χ1v) is 7.51. The van der Waals surface area contributed by atoms with E-state index in [1.807, 2.05) is 45.0 Å². The molecule has 1 aromatic carbocycles. The number of halogens is 1. The van der Waals surface area contributed by atoms with E-state index in [2.05, 4.69) is 10.2 Å². The number of nitrogens with zero attached hydrogens (tertiary/aromatic N) is 1. The number of rotatable bonds is 3. The van der Waals surface area contributed by atoms with Gasteiger partial charge in [-0.1, -0.05) is 29.8 Å². The van der Waals surface area contributed by atoms with Crippen molar-refractivity contribution in [1.82, 2.24) is 10.2 Å². The second-order valence-corrected chi connectivity index (χ2v) is 6.96. The number of amides is 1. The molecule has 1 atom stereocenters. The van der Waals surface area contributed by atoms with Crippen LogP contribution in [0.4, 0.5) is 0 Å². The topological polar surface area (TPSA) is 32.3 Å². The van der Waals surface area contributed by atoms with E-state index < -0.39 is 0 Å². The van der Waals surface area contributed by atoms with Gasteiger partial charge in [-0.2, -0.15) is 0 Å². The summed E-state index contributed by atoms with van der Waals surface area (Å²) in [5.41, 5.74) is 0.971. The van der Waals surface area contributed by atoms with Crippen LogP contribution >= 0.6 is 11.6 Å². The number of hydrogen-bond donors (Lipinski definition) is 1. The minimum atomic E-state index is -0.159. The van der Waals surface area contributed by atoms with Gasteiger partial charge in [-0.25, -0.2) is 0 Å². The smallest absolute Gasteiger partial charge is 0.224 e. The van der Waals surface area contributed by atoms with Gasteiger partial charge in [0.05, 0.1) is 5.92 Å². The zero-order valence-corrected chi connectivity index (χ0v) is 13.2. The lowest BCUT2D eigenvalue weighted by atomic mass is 10.0. The van der Waals surface area contributed by atoms with E-state index in [-0.39, 0.29) is 17.4 Å². The average molecular weight is 295 g/mol. The van der Waals surface area contributed by atoms with Gasteiger partial charge in [0.25, 0.3) is 0 Å². The Labute approximate surface area is 126 Å². The normalized spacial score (nSPS) is 20.1. The molecule has 0 saturated carbocycles. The van der Waals surface area contributed by atoms with Gasteiger partial charge in [-0.3, -0.25) is 9.69 Å². The maximum atomic E-state index is 12.2. The van der Waals surface area contributed by atoms with E-state index in [4.69, 9.17) is 11.6 Å². The number of hydrogen-bond acceptors (Lipinski definition) is 2. The van der Waals surface area contributed by atoms with Crippen LogP contribution in [0.3, 0.4) is 0 Å². The molecule has 1 unspecified atom stereocenters. The van der Waals surface area contributed by atoms with E-state index in [1.165, 1.54) is 0 Å². The minimum Gasteiger partial charge on any atom is -0.351 e. The first-order chi connectivity index (χ1) is 9.35. The molecule has 2 rings (SSSR count). The molecule has 1 N–H and O–H groups in total. The molecule has 1 amide bonds. The summed E-state index contributed by atoms with van der Waals surface area (Å²) in [6, 6.07) is 7.90. The maximum Gasteiger partial charge on any atom is 0.224 e. The molecule has 0 radical (unpaired) electrons. The van der Waals surface area contributed by atoms with Crippen molar-refractivity contribution in [2.24, 2.45) is 5.92 Å². The quantitative estimate of drug-likeness (QED) is 0.929. The van der Waals surface area contributed by atoms with Crippen LogP contribution in [0.25, 0.3) is 0 Å². The monoisotopic (exact) mass is 294 g/mol. The van der Waals surface area contributed by atoms with Crippen molar-refractivity contribution in [2.45, 2.75) is 39.3 Å². The highest BCUT2D eigenvalue weighted by Gasteiger charge is 2.30. The standard InChI is InChI=1S/C16H23ClN2O/c1-16(2,3)18-15(20)13-8-9-19(11-13)10-12-6-4-5-7-14(12)17/h4-7,13H,8-11H2,1-3H3,(H,18,20). The molecule has 4 heteroatoms. The molecule has 0 aliphatic carbocycles. The summed E-state index contributed by atoms with van der Waals surface area (Å²) in [7, 11) is 0. The van der Waals surface area contributed by atoms with Gasteiger partial charge in [0.1, 0.15) is 0 Å². The summed E-state index contributed by atoms with van der Waals surface area (Å²) in [4.78, 5) is 14.5. The van der Waals surface area contributed by atoms with Crippen LogP contribution in [0.15, 0.2) is 24.3 Å². The Bertz CT molecular complexity index is 482. The molecule has 1 aliphatic rings. The lowest BCUT2D eigenvalue weighted by Gasteiger charge is -2.23. The fourth-order valence-corrected chi connectivity index (χ4v) is 2.72. The highest BCUT2D eigenvalue weighted by Crippen LogP contribution is 2.23. The van der Waals surface area contributed by atoms with Crippen molar-refractivity contribution in [3.8, 4) is 0 Å². The number of benzene rings is 1. The second kappa shape index (κ2) is 6.15. The summed E-state index contributed by atoms with van der Waals surface area (Å²) in [5, 5.41) is 3.87. The molecule has 0 bridgehead atoms. The molecule has 1 heterocycles. The van der Waals surface area contributed by atoms with Crippen molar-refractivity contribution in [3.63, 3.8) is 0 Å². The number of carbonyl (C=O) groups excluding carboxylic acids is 1. The van der Waals surface area contributed by atoms with Gasteiger partial charge < -0.3 is 5.32 Å². The number of likely N-dealkylation sites (tertiary alicyclic amines) is 1. The Morgan fingerprint density at radius 1 is 1.40 bits per heavy atom. The Morgan fingerprint density at radius 2 is 2.10 bits per heavy atom. The van der Waals surface area contributed by atoms with Crippen LogP contribution < -0.4 is 5.32 Å². The molecule has 1 saturated heterocycles. The van der Waals surface area contributed by atoms with Crippen LogP contribution in [0.1, 0.15) is 32.8 Å². The Hall–Kier alpha value is -1.06. The van der Waals surface area contributed by atoms with Crippen LogP contribution in [-0.4, -0.2) is 29.4 Å². The number of carbonyl (C=O) groups is 1. The predicted molar refractivity (Wildman–Crippen MR) is 82.7 cm³/mol. The Morgan fingerprint density at radius 3 is 2.75 bits per heavy atom. The largest absolute Gasteiger partial charge is 0.351 e. The number of nitrogens with one attached hydrogen (secondary N) is 1. The lowest BCUT2D eigenvalue weighted by molar-refractivity contribution is -0.126. The maximum absolute atomic E-state index is 12.2. The SMILES string of the molecule is CC(C)(C)NC(=O)C1CCN(Cc2ccccc2Cl)C1. The van der Waals surface area contributed by atoms with Crippen LogP contribution in [0.2, 0.25) is 5.02 Å². The van der Waals surface area contributed by atoms with Crippen molar-refractivity contribution in [2.75, 3.05) is 13.1 Å². The third kappa shape index (κ3) is 4.22. The molecule has 3 nitrogen and oxygen atoms in total. The molecule has 0 spiro atoms. The van der Waals surface area contributed by atoms with Crippen LogP contribution in [-0.2, 0) is 11.3 Å². The highest BCUT2D eigenvalue weighted by atomic mass is 35.5. The van der Waals surface area contributed by atoms with Gasteiger partial charge in [0.2, 0.25) is 5.91 Å². The summed E-state index contributed by atoms with van der Waals surface area (Å²) in [6.45, 7) is 8.63. The van der Waals surface area contributed by atoms with Gasteiger partial charge in [0.15, 0.2) is 0 Å². The van der Waals surface area contributed by atoms with Gasteiger partial charge in [-0.05, 0) is 45.4 Å². The molecular weight excluding hydrogens is 272 g/mol. The van der Waals surface area contributed by atoms with Gasteiger partial charge >= 0.3 is 0 Å². The van der Waals surface area contributed by atoms with E-state index in [9.17, 15) is 4.79 Å². The van der Waals surface area contributed by atoms with E-state index in [0.29, 0.717) is 0 Å². The third-order valence-electron chi connectivity index (χ3n) is 3.49. The van der Waals surface area contributed by atoms with Crippen LogP contribution in [0, 0.1) is 5.92 Å². The summed E-state index contributed by atoms with van der Waals surface area (Å²) >= 11 is 6.18. The zero-order chi connectivity index (χ0) is 14.8. The molecular formula is C16H23ClN2O. The Kier molecular flexibility index (Phi) is 4.71. The predicted octanol–water partition coefficient (Wildman–Crippen LogP) is 3.08. The van der Waals surface area contributed by atoms with Crippen molar-refractivity contribution >= 4 is 17.5 Å². The molecule has 20 heavy (non-hydrogen) atoms. The summed E-state index contributed by atoms with van der Waals surface area (Å²) in [5.74, 6) is 0.260. The van der Waals surface area contributed by atoms with E-state index >= 15 is 0 Å². The fraction of sp³-hybridized carbons (Fsp3) is 0.562. The third-order valence-corrected chi connectivity index (χ3v) is 3.86. The summed E-state index contributed by atoms with van der Waals surface area (Å²) in [6.07, 6.45) is 0.923. The molecule has 0 aromatic heterocycles. The Balaban J connectivity index is 1.90. The average Bonchev–Trinajstić information content (AvgIpc) is 2.79. The molecule has 1 fully saturated rings. The van der Waals surface area contributed by atoms with Gasteiger partial charge in [0, 0.05) is 23.7 Å². The molecule has 1 aliphatic heterocycles. The first kappa shape index (κ1) is 15.3. The van der Waals surface area contributed by atoms with Crippen LogP contribution in [0.5, 0.6) is 0 Å². The second-order valence-electron chi connectivity index (χ2n) is 6.55. The van der Waals surface area contributed by atoms with Crippen molar-refractivity contribution in [1.29, 1.82) is 0 Å². The van der Waals surface area contributed by atoms with Gasteiger partial charge in [-0.15, -0.1) is 0 Å². The first-order valence-electron chi connectivity index (χ1n) is 7.13.